The van der Waals surface area contributed by atoms with Gasteiger partial charge < -0.3 is 10.1 Å². The van der Waals surface area contributed by atoms with Crippen molar-refractivity contribution in [2.24, 2.45) is 0 Å². The molecule has 0 saturated heterocycles. The molecule has 0 aliphatic rings. The highest BCUT2D eigenvalue weighted by Gasteiger charge is 2.14. The number of amides is 1. The summed E-state index contributed by atoms with van der Waals surface area (Å²) in [6, 6.07) is 4.48. The molecule has 6 nitrogen and oxygen atoms in total. The van der Waals surface area contributed by atoms with Gasteiger partial charge in [0.05, 0.1) is 17.9 Å². The average Bonchev–Trinajstić information content (AvgIpc) is 2.29. The van der Waals surface area contributed by atoms with E-state index >= 15 is 0 Å². The van der Waals surface area contributed by atoms with Gasteiger partial charge in [0.15, 0.2) is 9.84 Å². The number of ether oxygens (including phenoxy) is 1. The Hall–Kier alpha value is -1.41. The van der Waals surface area contributed by atoms with Gasteiger partial charge in [0.1, 0.15) is 5.75 Å². The number of hydrogen-bond acceptors (Lipinski definition) is 5. The summed E-state index contributed by atoms with van der Waals surface area (Å²) in [5, 5.41) is 2.45. The highest BCUT2D eigenvalue weighted by molar-refractivity contribution is 9.10. The molecular formula is C12H14BrNO5S. The Bertz CT molecular complexity index is 627. The van der Waals surface area contributed by atoms with E-state index in [0.29, 0.717) is 15.7 Å². The van der Waals surface area contributed by atoms with Crippen LogP contribution in [-0.4, -0.2) is 38.9 Å². The zero-order valence-corrected chi connectivity index (χ0v) is 13.4. The second kappa shape index (κ2) is 6.85. The van der Waals surface area contributed by atoms with Gasteiger partial charge in [-0.1, -0.05) is 0 Å². The van der Waals surface area contributed by atoms with Crippen molar-refractivity contribution in [3.8, 4) is 0 Å². The van der Waals surface area contributed by atoms with Crippen LogP contribution in [-0.2, 0) is 19.4 Å². The summed E-state index contributed by atoms with van der Waals surface area (Å²) in [4.78, 5) is 23.0. The topological polar surface area (TPSA) is 89.5 Å². The van der Waals surface area contributed by atoms with E-state index in [2.05, 4.69) is 21.2 Å². The number of nitrogens with one attached hydrogen (secondary N) is 1. The fourth-order valence-corrected chi connectivity index (χ4v) is 2.41. The Kier molecular flexibility index (Phi) is 5.70. The fourth-order valence-electron chi connectivity index (χ4n) is 1.38. The lowest BCUT2D eigenvalue weighted by Gasteiger charge is -2.08. The number of hydrogen-bond donors (Lipinski definition) is 1. The summed E-state index contributed by atoms with van der Waals surface area (Å²) in [5.41, 5.74) is 0.714. The van der Waals surface area contributed by atoms with E-state index in [1.54, 1.807) is 6.92 Å². The molecule has 0 fully saturated rings. The van der Waals surface area contributed by atoms with Crippen molar-refractivity contribution in [3.05, 3.63) is 28.2 Å². The monoisotopic (exact) mass is 363 g/mol. The summed E-state index contributed by atoms with van der Waals surface area (Å²) in [6.07, 6.45) is 0.978. The summed E-state index contributed by atoms with van der Waals surface area (Å²) < 4.78 is 27.3. The Morgan fingerprint density at radius 3 is 2.50 bits per heavy atom. The van der Waals surface area contributed by atoms with Gasteiger partial charge in [-0.25, -0.2) is 13.2 Å². The Morgan fingerprint density at radius 1 is 1.35 bits per heavy atom. The Labute approximate surface area is 125 Å². The minimum Gasteiger partial charge on any atom is -0.462 e. The molecule has 0 aliphatic heterocycles. The van der Waals surface area contributed by atoms with Crippen LogP contribution in [0.15, 0.2) is 22.7 Å². The second-order valence-electron chi connectivity index (χ2n) is 4.03. The molecule has 110 valence electrons. The van der Waals surface area contributed by atoms with Gasteiger partial charge in [0, 0.05) is 10.7 Å². The standard InChI is InChI=1S/C12H14BrNO5S/c1-3-19-12(16)8-4-5-10(9(13)6-8)14-11(15)7-20(2,17)18/h4-6H,3,7H2,1-2H3,(H,14,15). The van der Waals surface area contributed by atoms with Crippen LogP contribution in [0.25, 0.3) is 0 Å². The van der Waals surface area contributed by atoms with Crippen molar-refractivity contribution in [1.82, 2.24) is 0 Å². The highest BCUT2D eigenvalue weighted by Crippen LogP contribution is 2.24. The maximum absolute atomic E-state index is 11.5. The molecule has 1 N–H and O–H groups in total. The van der Waals surface area contributed by atoms with Crippen LogP contribution in [0.1, 0.15) is 17.3 Å². The van der Waals surface area contributed by atoms with Crippen molar-refractivity contribution in [2.45, 2.75) is 6.92 Å². The molecule has 0 radical (unpaired) electrons. The van der Waals surface area contributed by atoms with Crippen molar-refractivity contribution >= 4 is 43.3 Å². The summed E-state index contributed by atoms with van der Waals surface area (Å²) in [5.74, 6) is -1.71. The number of benzene rings is 1. The molecule has 0 heterocycles. The smallest absolute Gasteiger partial charge is 0.338 e. The number of rotatable bonds is 5. The summed E-state index contributed by atoms with van der Waals surface area (Å²) in [7, 11) is -3.39. The largest absolute Gasteiger partial charge is 0.462 e. The van der Waals surface area contributed by atoms with E-state index in [1.807, 2.05) is 0 Å². The number of anilines is 1. The third-order valence-corrected chi connectivity index (χ3v) is 3.59. The van der Waals surface area contributed by atoms with Crippen LogP contribution in [0.3, 0.4) is 0 Å². The third-order valence-electron chi connectivity index (χ3n) is 2.15. The van der Waals surface area contributed by atoms with E-state index in [0.717, 1.165) is 6.26 Å². The van der Waals surface area contributed by atoms with Gasteiger partial charge in [0.25, 0.3) is 0 Å². The lowest BCUT2D eigenvalue weighted by molar-refractivity contribution is -0.113. The van der Waals surface area contributed by atoms with Crippen LogP contribution in [0.4, 0.5) is 5.69 Å². The molecule has 1 rings (SSSR count). The van der Waals surface area contributed by atoms with Gasteiger partial charge in [-0.2, -0.15) is 0 Å². The molecule has 0 aromatic heterocycles. The van der Waals surface area contributed by atoms with Crippen LogP contribution in [0.2, 0.25) is 0 Å². The molecule has 0 unspecified atom stereocenters. The summed E-state index contributed by atoms with van der Waals surface area (Å²) in [6.45, 7) is 1.97. The van der Waals surface area contributed by atoms with Crippen molar-refractivity contribution in [3.63, 3.8) is 0 Å². The van der Waals surface area contributed by atoms with Crippen LogP contribution in [0, 0.1) is 0 Å². The quantitative estimate of drug-likeness (QED) is 0.802. The number of carbonyl (C=O) groups excluding carboxylic acids is 2. The van der Waals surface area contributed by atoms with Crippen LogP contribution < -0.4 is 5.32 Å². The molecule has 1 aromatic carbocycles. The molecule has 0 aliphatic carbocycles. The molecule has 1 aromatic rings. The first-order chi connectivity index (χ1) is 9.23. The maximum Gasteiger partial charge on any atom is 0.338 e. The van der Waals surface area contributed by atoms with Crippen molar-refractivity contribution < 1.29 is 22.7 Å². The van der Waals surface area contributed by atoms with E-state index in [9.17, 15) is 18.0 Å². The molecular weight excluding hydrogens is 350 g/mol. The Balaban J connectivity index is 2.84. The lowest BCUT2D eigenvalue weighted by Crippen LogP contribution is -2.22. The zero-order chi connectivity index (χ0) is 15.3. The molecule has 0 bridgehead atoms. The normalized spacial score (nSPS) is 10.9. The molecule has 20 heavy (non-hydrogen) atoms. The predicted molar refractivity (Wildman–Crippen MR) is 78.4 cm³/mol. The Morgan fingerprint density at radius 2 is 2.00 bits per heavy atom. The molecule has 8 heteroatoms. The van der Waals surface area contributed by atoms with Gasteiger partial charge in [-0.3, -0.25) is 4.79 Å². The minimum atomic E-state index is -3.39. The van der Waals surface area contributed by atoms with Gasteiger partial charge in [-0.05, 0) is 41.1 Å². The first-order valence-electron chi connectivity index (χ1n) is 5.67. The van der Waals surface area contributed by atoms with Gasteiger partial charge in [-0.15, -0.1) is 0 Å². The maximum atomic E-state index is 11.5. The average molecular weight is 364 g/mol. The molecule has 0 spiro atoms. The SMILES string of the molecule is CCOC(=O)c1ccc(NC(=O)CS(C)(=O)=O)c(Br)c1. The van der Waals surface area contributed by atoms with Crippen LogP contribution >= 0.6 is 15.9 Å². The number of sulfone groups is 1. The molecule has 0 saturated carbocycles. The van der Waals surface area contributed by atoms with E-state index in [1.165, 1.54) is 18.2 Å². The minimum absolute atomic E-state index is 0.267. The second-order valence-corrected chi connectivity index (χ2v) is 7.03. The van der Waals surface area contributed by atoms with Crippen LogP contribution in [0.5, 0.6) is 0 Å². The van der Waals surface area contributed by atoms with E-state index in [-0.39, 0.29) is 6.61 Å². The van der Waals surface area contributed by atoms with Crippen molar-refractivity contribution in [1.29, 1.82) is 0 Å². The first-order valence-corrected chi connectivity index (χ1v) is 8.52. The lowest BCUT2D eigenvalue weighted by atomic mass is 10.2. The first kappa shape index (κ1) is 16.6. The fraction of sp³-hybridized carbons (Fsp3) is 0.333. The molecule has 1 amide bonds. The predicted octanol–water partition coefficient (Wildman–Crippen LogP) is 1.61. The van der Waals surface area contributed by atoms with Gasteiger partial charge in [0.2, 0.25) is 5.91 Å². The number of carbonyl (C=O) groups is 2. The third kappa shape index (κ3) is 5.30. The van der Waals surface area contributed by atoms with E-state index in [4.69, 9.17) is 4.74 Å². The van der Waals surface area contributed by atoms with Crippen molar-refractivity contribution in [2.75, 3.05) is 23.9 Å². The zero-order valence-electron chi connectivity index (χ0n) is 11.0. The highest BCUT2D eigenvalue weighted by atomic mass is 79.9. The number of halogens is 1. The number of esters is 1. The van der Waals surface area contributed by atoms with E-state index < -0.39 is 27.5 Å². The van der Waals surface area contributed by atoms with Gasteiger partial charge >= 0.3 is 5.97 Å². The molecule has 0 atom stereocenters. The summed E-state index contributed by atoms with van der Waals surface area (Å²) >= 11 is 3.20.